The Morgan fingerprint density at radius 1 is 1.37 bits per heavy atom. The van der Waals surface area contributed by atoms with E-state index in [2.05, 4.69) is 26.0 Å². The Balaban J connectivity index is 2.28. The van der Waals surface area contributed by atoms with Gasteiger partial charge in [-0.3, -0.25) is 9.89 Å². The number of H-pyrrole nitrogens is 1. The molecule has 0 radical (unpaired) electrons. The summed E-state index contributed by atoms with van der Waals surface area (Å²) in [5.74, 6) is 0. The van der Waals surface area contributed by atoms with Gasteiger partial charge in [-0.2, -0.15) is 0 Å². The van der Waals surface area contributed by atoms with Gasteiger partial charge in [-0.1, -0.05) is 23.7 Å². The molecule has 2 aromatic heterocycles. The summed E-state index contributed by atoms with van der Waals surface area (Å²) < 4.78 is 1.87. The van der Waals surface area contributed by atoms with Gasteiger partial charge in [-0.25, -0.2) is 9.50 Å². The minimum Gasteiger partial charge on any atom is -0.289 e. The first-order chi connectivity index (χ1) is 9.06. The molecule has 0 fully saturated rings. The third-order valence-corrected chi connectivity index (χ3v) is 4.01. The van der Waals surface area contributed by atoms with Crippen LogP contribution in [0.1, 0.15) is 5.69 Å². The van der Waals surface area contributed by atoms with Gasteiger partial charge in [0.15, 0.2) is 5.65 Å². The van der Waals surface area contributed by atoms with E-state index in [-0.39, 0.29) is 5.56 Å². The summed E-state index contributed by atoms with van der Waals surface area (Å²) in [6.45, 7) is 1.79. The van der Waals surface area contributed by atoms with Crippen molar-refractivity contribution in [1.82, 2.24) is 14.6 Å². The van der Waals surface area contributed by atoms with E-state index in [4.69, 9.17) is 11.6 Å². The lowest BCUT2D eigenvalue weighted by molar-refractivity contribution is 0.884. The van der Waals surface area contributed by atoms with Gasteiger partial charge in [0, 0.05) is 16.7 Å². The molecule has 0 aliphatic carbocycles. The Kier molecular flexibility index (Phi) is 2.95. The second kappa shape index (κ2) is 4.51. The molecule has 0 saturated carbocycles. The summed E-state index contributed by atoms with van der Waals surface area (Å²) in [5, 5.41) is 3.68. The lowest BCUT2D eigenvalue weighted by Gasteiger charge is -1.98. The molecule has 0 atom stereocenters. The predicted octanol–water partition coefficient (Wildman–Crippen LogP) is 3.41. The van der Waals surface area contributed by atoms with Crippen molar-refractivity contribution in [1.29, 1.82) is 0 Å². The SMILES string of the molecule is Cc1nc2cc(-c3cccc(Cl)c3)[nH]n2c(=O)c1Br. The van der Waals surface area contributed by atoms with Crippen molar-refractivity contribution in [3.63, 3.8) is 0 Å². The lowest BCUT2D eigenvalue weighted by atomic mass is 10.1. The van der Waals surface area contributed by atoms with Crippen LogP contribution in [0.25, 0.3) is 16.9 Å². The zero-order chi connectivity index (χ0) is 13.6. The van der Waals surface area contributed by atoms with Crippen molar-refractivity contribution >= 4 is 33.2 Å². The van der Waals surface area contributed by atoms with Crippen LogP contribution in [-0.2, 0) is 0 Å². The number of rotatable bonds is 1. The van der Waals surface area contributed by atoms with Crippen molar-refractivity contribution in [3.05, 3.63) is 55.9 Å². The van der Waals surface area contributed by atoms with E-state index in [9.17, 15) is 4.79 Å². The molecule has 3 aromatic rings. The summed E-state index contributed by atoms with van der Waals surface area (Å²) in [6.07, 6.45) is 0. The highest BCUT2D eigenvalue weighted by Gasteiger charge is 2.10. The molecule has 3 rings (SSSR count). The molecule has 19 heavy (non-hydrogen) atoms. The highest BCUT2D eigenvalue weighted by molar-refractivity contribution is 9.10. The third kappa shape index (κ3) is 2.09. The Morgan fingerprint density at radius 2 is 2.16 bits per heavy atom. The van der Waals surface area contributed by atoms with Crippen LogP contribution in [0.4, 0.5) is 0 Å². The van der Waals surface area contributed by atoms with Gasteiger partial charge >= 0.3 is 0 Å². The number of aromatic nitrogens is 3. The fraction of sp³-hybridized carbons (Fsp3) is 0.0769. The van der Waals surface area contributed by atoms with Crippen molar-refractivity contribution in [3.8, 4) is 11.3 Å². The molecule has 1 N–H and O–H groups in total. The van der Waals surface area contributed by atoms with E-state index in [1.54, 1.807) is 13.0 Å². The maximum absolute atomic E-state index is 12.1. The lowest BCUT2D eigenvalue weighted by Crippen LogP contribution is -2.17. The first-order valence-corrected chi connectivity index (χ1v) is 6.77. The van der Waals surface area contributed by atoms with Crippen LogP contribution < -0.4 is 5.56 Å². The summed E-state index contributed by atoms with van der Waals surface area (Å²) in [7, 11) is 0. The molecular formula is C13H9BrClN3O. The molecule has 96 valence electrons. The summed E-state index contributed by atoms with van der Waals surface area (Å²) in [4.78, 5) is 16.4. The predicted molar refractivity (Wildman–Crippen MR) is 78.7 cm³/mol. The largest absolute Gasteiger partial charge is 0.289 e. The first kappa shape index (κ1) is 12.4. The smallest absolute Gasteiger partial charge is 0.287 e. The number of fused-ring (bicyclic) bond motifs is 1. The van der Waals surface area contributed by atoms with E-state index in [1.807, 2.05) is 24.3 Å². The average Bonchev–Trinajstić information content (AvgIpc) is 2.80. The van der Waals surface area contributed by atoms with E-state index >= 15 is 0 Å². The van der Waals surface area contributed by atoms with Crippen molar-refractivity contribution in [2.24, 2.45) is 0 Å². The van der Waals surface area contributed by atoms with Gasteiger partial charge in [0.1, 0.15) is 4.47 Å². The number of halogens is 2. The second-order valence-corrected chi connectivity index (χ2v) is 5.42. The maximum atomic E-state index is 12.1. The van der Waals surface area contributed by atoms with Crippen LogP contribution in [0.5, 0.6) is 0 Å². The average molecular weight is 339 g/mol. The molecule has 6 heteroatoms. The monoisotopic (exact) mass is 337 g/mol. The highest BCUT2D eigenvalue weighted by Crippen LogP contribution is 2.22. The second-order valence-electron chi connectivity index (χ2n) is 4.19. The summed E-state index contributed by atoms with van der Waals surface area (Å²) in [5.41, 5.74) is 2.80. The van der Waals surface area contributed by atoms with Crippen LogP contribution in [0.2, 0.25) is 5.02 Å². The minimum absolute atomic E-state index is 0.157. The Labute approximate surface area is 122 Å². The molecule has 0 amide bonds. The molecular weight excluding hydrogens is 330 g/mol. The van der Waals surface area contributed by atoms with Crippen molar-refractivity contribution < 1.29 is 0 Å². The number of aromatic amines is 1. The van der Waals surface area contributed by atoms with Crippen LogP contribution in [0.3, 0.4) is 0 Å². The van der Waals surface area contributed by atoms with E-state index in [1.165, 1.54) is 4.52 Å². The topological polar surface area (TPSA) is 50.2 Å². The number of hydrogen-bond acceptors (Lipinski definition) is 2. The molecule has 2 heterocycles. The van der Waals surface area contributed by atoms with Crippen LogP contribution in [0.15, 0.2) is 39.6 Å². The number of aryl methyl sites for hydroxylation is 1. The van der Waals surface area contributed by atoms with Crippen molar-refractivity contribution in [2.75, 3.05) is 0 Å². The number of hydrogen-bond donors (Lipinski definition) is 1. The summed E-state index contributed by atoms with van der Waals surface area (Å²) in [6, 6.07) is 9.24. The summed E-state index contributed by atoms with van der Waals surface area (Å²) >= 11 is 9.21. The van der Waals surface area contributed by atoms with Gasteiger partial charge in [0.2, 0.25) is 0 Å². The Hall–Kier alpha value is -1.59. The Bertz CT molecular complexity index is 838. The zero-order valence-electron chi connectivity index (χ0n) is 9.95. The van der Waals surface area contributed by atoms with Gasteiger partial charge < -0.3 is 0 Å². The first-order valence-electron chi connectivity index (χ1n) is 5.60. The number of nitrogens with one attached hydrogen (secondary N) is 1. The number of benzene rings is 1. The molecule has 1 aromatic carbocycles. The normalized spacial score (nSPS) is 11.1. The van der Waals surface area contributed by atoms with Crippen molar-refractivity contribution in [2.45, 2.75) is 6.92 Å². The van der Waals surface area contributed by atoms with E-state index in [0.29, 0.717) is 20.8 Å². The van der Waals surface area contributed by atoms with Gasteiger partial charge in [-0.05, 0) is 35.0 Å². The van der Waals surface area contributed by atoms with Gasteiger partial charge in [0.05, 0.1) is 11.4 Å². The molecule has 0 bridgehead atoms. The quantitative estimate of drug-likeness (QED) is 0.739. The number of nitrogens with zero attached hydrogens (tertiary/aromatic N) is 2. The standard InChI is InChI=1S/C13H9BrClN3O/c1-7-12(14)13(19)18-11(16-7)6-10(17-18)8-3-2-4-9(15)5-8/h2-6,17H,1H3. The highest BCUT2D eigenvalue weighted by atomic mass is 79.9. The Morgan fingerprint density at radius 3 is 2.89 bits per heavy atom. The molecule has 0 aliphatic heterocycles. The van der Waals surface area contributed by atoms with Gasteiger partial charge in [0.25, 0.3) is 5.56 Å². The molecule has 4 nitrogen and oxygen atoms in total. The third-order valence-electron chi connectivity index (χ3n) is 2.86. The fourth-order valence-electron chi connectivity index (χ4n) is 1.92. The maximum Gasteiger partial charge on any atom is 0.287 e. The molecule has 0 unspecified atom stereocenters. The minimum atomic E-state index is -0.157. The fourth-order valence-corrected chi connectivity index (χ4v) is 2.37. The van der Waals surface area contributed by atoms with E-state index in [0.717, 1.165) is 11.3 Å². The van der Waals surface area contributed by atoms with Crippen LogP contribution >= 0.6 is 27.5 Å². The van der Waals surface area contributed by atoms with Crippen LogP contribution in [0, 0.1) is 6.92 Å². The van der Waals surface area contributed by atoms with Gasteiger partial charge in [-0.15, -0.1) is 0 Å². The van der Waals surface area contributed by atoms with E-state index < -0.39 is 0 Å². The molecule has 0 saturated heterocycles. The molecule has 0 spiro atoms. The zero-order valence-corrected chi connectivity index (χ0v) is 12.3. The molecule has 0 aliphatic rings. The van der Waals surface area contributed by atoms with Crippen LogP contribution in [-0.4, -0.2) is 14.6 Å².